The highest BCUT2D eigenvalue weighted by Crippen LogP contribution is 2.49. The van der Waals surface area contributed by atoms with E-state index in [1.165, 1.54) is 0 Å². The van der Waals surface area contributed by atoms with Crippen molar-refractivity contribution in [1.29, 1.82) is 5.26 Å². The maximum Gasteiger partial charge on any atom is 0.224 e. The molecule has 0 aliphatic carbocycles. The molecule has 2 heterocycles. The van der Waals surface area contributed by atoms with Gasteiger partial charge in [-0.15, -0.1) is 0 Å². The highest BCUT2D eigenvalue weighted by molar-refractivity contribution is 9.10. The van der Waals surface area contributed by atoms with Gasteiger partial charge in [-0.05, 0) is 40.5 Å². The summed E-state index contributed by atoms with van der Waals surface area (Å²) in [5.41, 5.74) is 9.42. The summed E-state index contributed by atoms with van der Waals surface area (Å²) in [6.45, 7) is 2.22. The first-order valence-electron chi connectivity index (χ1n) is 9.31. The lowest BCUT2D eigenvalue weighted by atomic mass is 9.83. The van der Waals surface area contributed by atoms with Crippen molar-refractivity contribution >= 4 is 15.9 Å². The van der Waals surface area contributed by atoms with Crippen molar-refractivity contribution < 1.29 is 14.6 Å². The monoisotopic (exact) mass is 466 g/mol. The molecule has 0 saturated carbocycles. The summed E-state index contributed by atoms with van der Waals surface area (Å²) in [5, 5.41) is 24.9. The van der Waals surface area contributed by atoms with E-state index in [-0.39, 0.29) is 17.2 Å². The summed E-state index contributed by atoms with van der Waals surface area (Å²) in [6, 6.07) is 15.3. The maximum absolute atomic E-state index is 10.3. The van der Waals surface area contributed by atoms with Crippen LogP contribution in [-0.2, 0) is 7.05 Å². The summed E-state index contributed by atoms with van der Waals surface area (Å²) < 4.78 is 13.5. The molecule has 3 aromatic rings. The van der Waals surface area contributed by atoms with Gasteiger partial charge in [0.1, 0.15) is 17.3 Å². The number of phenolic OH excluding ortho intramolecular Hbond substituents is 1. The largest absolute Gasteiger partial charge is 0.503 e. The third-order valence-electron chi connectivity index (χ3n) is 4.93. The van der Waals surface area contributed by atoms with Crippen molar-refractivity contribution in [2.45, 2.75) is 12.8 Å². The molecule has 30 heavy (non-hydrogen) atoms. The molecular formula is C22H19BrN4O3. The van der Waals surface area contributed by atoms with E-state index < -0.39 is 5.92 Å². The van der Waals surface area contributed by atoms with Crippen molar-refractivity contribution in [1.82, 2.24) is 9.78 Å². The van der Waals surface area contributed by atoms with Crippen molar-refractivity contribution in [2.24, 2.45) is 12.8 Å². The number of hydrogen-bond acceptors (Lipinski definition) is 6. The summed E-state index contributed by atoms with van der Waals surface area (Å²) in [7, 11) is 1.77. The van der Waals surface area contributed by atoms with Crippen molar-refractivity contribution in [3.05, 3.63) is 69.5 Å². The second kappa shape index (κ2) is 7.76. The molecule has 3 N–H and O–H groups in total. The van der Waals surface area contributed by atoms with Gasteiger partial charge in [-0.25, -0.2) is 4.68 Å². The van der Waals surface area contributed by atoms with Gasteiger partial charge < -0.3 is 20.3 Å². The van der Waals surface area contributed by atoms with E-state index >= 15 is 0 Å². The zero-order valence-corrected chi connectivity index (χ0v) is 18.0. The van der Waals surface area contributed by atoms with Crippen LogP contribution in [-0.4, -0.2) is 21.5 Å². The van der Waals surface area contributed by atoms with Gasteiger partial charge in [0, 0.05) is 12.6 Å². The number of rotatable bonds is 4. The fourth-order valence-corrected chi connectivity index (χ4v) is 4.10. The van der Waals surface area contributed by atoms with Gasteiger partial charge in [0.25, 0.3) is 0 Å². The number of nitriles is 1. The van der Waals surface area contributed by atoms with Gasteiger partial charge in [0.05, 0.1) is 22.6 Å². The maximum atomic E-state index is 10.3. The van der Waals surface area contributed by atoms with E-state index in [4.69, 9.17) is 15.2 Å². The lowest BCUT2D eigenvalue weighted by molar-refractivity contribution is 0.316. The Bertz CT molecular complexity index is 1200. The lowest BCUT2D eigenvalue weighted by Gasteiger charge is -2.25. The number of allylic oxidation sites excluding steroid dienone is 1. The van der Waals surface area contributed by atoms with E-state index in [0.29, 0.717) is 28.4 Å². The van der Waals surface area contributed by atoms with Gasteiger partial charge in [0.15, 0.2) is 11.5 Å². The molecule has 0 unspecified atom stereocenters. The van der Waals surface area contributed by atoms with Gasteiger partial charge in [0.2, 0.25) is 11.8 Å². The minimum Gasteiger partial charge on any atom is -0.503 e. The first-order valence-corrected chi connectivity index (χ1v) is 10.1. The number of ether oxygens (including phenoxy) is 2. The second-order valence-corrected chi connectivity index (χ2v) is 7.62. The molecule has 8 heteroatoms. The number of aromatic nitrogens is 2. The minimum atomic E-state index is -0.543. The van der Waals surface area contributed by atoms with E-state index in [0.717, 1.165) is 16.7 Å². The predicted molar refractivity (Wildman–Crippen MR) is 115 cm³/mol. The number of aryl methyl sites for hydroxylation is 1. The summed E-state index contributed by atoms with van der Waals surface area (Å²) in [5.74, 6) is 0.268. The predicted octanol–water partition coefficient (Wildman–Crippen LogP) is 4.17. The van der Waals surface area contributed by atoms with Crippen LogP contribution >= 0.6 is 15.9 Å². The Hall–Kier alpha value is -3.44. The standard InChI is InChI=1S/C22H19BrN4O3/c1-3-29-16-10-13(9-15(23)20(16)28)17-14(11-24)21(25)30-22-18(17)19(26-27(22)2)12-7-5-4-6-8-12/h4-10,17,28H,3,25H2,1-2H3/t17-/m1/s1. The number of aromatic hydroxyl groups is 1. The van der Waals surface area contributed by atoms with Crippen LogP contribution < -0.4 is 15.2 Å². The molecule has 0 radical (unpaired) electrons. The molecule has 4 rings (SSSR count). The topological polar surface area (TPSA) is 106 Å². The number of hydrogen-bond donors (Lipinski definition) is 2. The second-order valence-electron chi connectivity index (χ2n) is 6.76. The van der Waals surface area contributed by atoms with Crippen LogP contribution in [0.2, 0.25) is 0 Å². The fourth-order valence-electron chi connectivity index (χ4n) is 3.64. The van der Waals surface area contributed by atoms with Crippen LogP contribution in [0.3, 0.4) is 0 Å². The average Bonchev–Trinajstić information content (AvgIpc) is 3.07. The SMILES string of the molecule is CCOc1cc([C@@H]2C(C#N)=C(N)Oc3c2c(-c2ccccc2)nn3C)cc(Br)c1O. The Kier molecular flexibility index (Phi) is 5.14. The van der Waals surface area contributed by atoms with Crippen LogP contribution in [0.4, 0.5) is 0 Å². The van der Waals surface area contributed by atoms with E-state index in [1.54, 1.807) is 23.9 Å². The number of nitrogens with zero attached hydrogens (tertiary/aromatic N) is 3. The lowest BCUT2D eigenvalue weighted by Crippen LogP contribution is -2.22. The van der Waals surface area contributed by atoms with Crippen LogP contribution in [0.15, 0.2) is 58.4 Å². The van der Waals surface area contributed by atoms with Crippen molar-refractivity contribution in [3.63, 3.8) is 0 Å². The molecule has 1 aliphatic rings. The zero-order chi connectivity index (χ0) is 21.4. The Labute approximate surface area is 182 Å². The number of phenols is 1. The van der Waals surface area contributed by atoms with E-state index in [2.05, 4.69) is 27.1 Å². The Morgan fingerprint density at radius 3 is 2.73 bits per heavy atom. The molecule has 1 atom stereocenters. The molecule has 0 amide bonds. The number of halogens is 1. The average molecular weight is 467 g/mol. The number of fused-ring (bicyclic) bond motifs is 1. The van der Waals surface area contributed by atoms with Crippen LogP contribution in [0.25, 0.3) is 11.3 Å². The molecule has 1 aliphatic heterocycles. The highest BCUT2D eigenvalue weighted by Gasteiger charge is 2.37. The molecular weight excluding hydrogens is 448 g/mol. The molecule has 0 spiro atoms. The third-order valence-corrected chi connectivity index (χ3v) is 5.53. The molecule has 7 nitrogen and oxygen atoms in total. The first-order chi connectivity index (χ1) is 14.5. The van der Waals surface area contributed by atoms with E-state index in [9.17, 15) is 10.4 Å². The Balaban J connectivity index is 2.00. The summed E-state index contributed by atoms with van der Waals surface area (Å²) in [6.07, 6.45) is 0. The minimum absolute atomic E-state index is 0.00203. The highest BCUT2D eigenvalue weighted by atomic mass is 79.9. The van der Waals surface area contributed by atoms with Crippen molar-refractivity contribution in [3.8, 4) is 34.7 Å². The van der Waals surface area contributed by atoms with Gasteiger partial charge in [-0.2, -0.15) is 10.4 Å². The van der Waals surface area contributed by atoms with Gasteiger partial charge in [-0.3, -0.25) is 0 Å². The van der Waals surface area contributed by atoms with Gasteiger partial charge in [-0.1, -0.05) is 30.3 Å². The zero-order valence-electron chi connectivity index (χ0n) is 16.4. The first kappa shape index (κ1) is 19.9. The Morgan fingerprint density at radius 1 is 1.33 bits per heavy atom. The van der Waals surface area contributed by atoms with Gasteiger partial charge >= 0.3 is 0 Å². The number of nitrogens with two attached hydrogens (primary N) is 1. The molecule has 0 fully saturated rings. The number of benzene rings is 2. The van der Waals surface area contributed by atoms with Crippen LogP contribution in [0.1, 0.15) is 24.0 Å². The molecule has 0 bridgehead atoms. The van der Waals surface area contributed by atoms with E-state index in [1.807, 2.05) is 37.3 Å². The van der Waals surface area contributed by atoms with Crippen molar-refractivity contribution in [2.75, 3.05) is 6.61 Å². The van der Waals surface area contributed by atoms with Crippen LogP contribution in [0, 0.1) is 11.3 Å². The van der Waals surface area contributed by atoms with Crippen LogP contribution in [0.5, 0.6) is 17.4 Å². The smallest absolute Gasteiger partial charge is 0.224 e. The normalized spacial score (nSPS) is 15.3. The summed E-state index contributed by atoms with van der Waals surface area (Å²) in [4.78, 5) is 0. The molecule has 0 saturated heterocycles. The molecule has 1 aromatic heterocycles. The Morgan fingerprint density at radius 2 is 2.07 bits per heavy atom. The quantitative estimate of drug-likeness (QED) is 0.597. The molecule has 152 valence electrons. The summed E-state index contributed by atoms with van der Waals surface area (Å²) >= 11 is 3.39. The third kappa shape index (κ3) is 3.17. The molecule has 2 aromatic carbocycles. The fraction of sp³-hybridized carbons (Fsp3) is 0.182.